The van der Waals surface area contributed by atoms with Gasteiger partial charge >= 0.3 is 0 Å². The van der Waals surface area contributed by atoms with E-state index in [9.17, 15) is 10.1 Å². The molecular formula is C12H17ClN2O2. The summed E-state index contributed by atoms with van der Waals surface area (Å²) in [6.45, 7) is 7.55. The number of rotatable bonds is 4. The minimum absolute atomic E-state index is 0.107. The predicted molar refractivity (Wildman–Crippen MR) is 69.3 cm³/mol. The van der Waals surface area contributed by atoms with Crippen molar-refractivity contribution in [2.45, 2.75) is 27.3 Å². The molecule has 0 heterocycles. The monoisotopic (exact) mass is 256 g/mol. The van der Waals surface area contributed by atoms with E-state index in [4.69, 9.17) is 11.6 Å². The van der Waals surface area contributed by atoms with E-state index < -0.39 is 0 Å². The molecule has 0 fully saturated rings. The van der Waals surface area contributed by atoms with Crippen LogP contribution >= 0.6 is 11.6 Å². The molecule has 0 radical (unpaired) electrons. The number of nitrogens with one attached hydrogen (secondary N) is 1. The fourth-order valence-corrected chi connectivity index (χ4v) is 1.64. The van der Waals surface area contributed by atoms with Gasteiger partial charge in [0.1, 0.15) is 0 Å². The second-order valence-electron chi connectivity index (χ2n) is 5.19. The van der Waals surface area contributed by atoms with Gasteiger partial charge in [-0.1, -0.05) is 32.4 Å². The summed E-state index contributed by atoms with van der Waals surface area (Å²) < 4.78 is 0. The summed E-state index contributed by atoms with van der Waals surface area (Å²) in [6, 6.07) is 4.61. The van der Waals surface area contributed by atoms with Gasteiger partial charge in [-0.05, 0) is 17.5 Å². The van der Waals surface area contributed by atoms with Crippen molar-refractivity contribution in [2.75, 3.05) is 6.54 Å². The average Bonchev–Trinajstić information content (AvgIpc) is 2.15. The van der Waals surface area contributed by atoms with Crippen LogP contribution in [0.25, 0.3) is 0 Å². The van der Waals surface area contributed by atoms with Gasteiger partial charge in [-0.25, -0.2) is 0 Å². The molecule has 0 aliphatic carbocycles. The number of hydrogen-bond acceptors (Lipinski definition) is 3. The molecule has 0 saturated heterocycles. The second kappa shape index (κ2) is 5.47. The summed E-state index contributed by atoms with van der Waals surface area (Å²) >= 11 is 5.84. The minimum Gasteiger partial charge on any atom is -0.312 e. The Bertz CT molecular complexity index is 413. The first-order valence-corrected chi connectivity index (χ1v) is 5.81. The lowest BCUT2D eigenvalue weighted by molar-refractivity contribution is -0.385. The van der Waals surface area contributed by atoms with Gasteiger partial charge in [0.25, 0.3) is 5.69 Å². The second-order valence-corrected chi connectivity index (χ2v) is 5.63. The Hall–Kier alpha value is -1.13. The lowest BCUT2D eigenvalue weighted by Gasteiger charge is -2.18. The number of halogens is 1. The van der Waals surface area contributed by atoms with Crippen LogP contribution < -0.4 is 5.32 Å². The number of nitrogens with zero attached hydrogens (tertiary/aromatic N) is 1. The van der Waals surface area contributed by atoms with Crippen LogP contribution in [0.3, 0.4) is 0 Å². The molecule has 0 aromatic heterocycles. The van der Waals surface area contributed by atoms with Crippen molar-refractivity contribution in [2.24, 2.45) is 5.41 Å². The number of hydrogen-bond donors (Lipinski definition) is 1. The maximum absolute atomic E-state index is 10.8. The Balaban J connectivity index is 2.75. The summed E-state index contributed by atoms with van der Waals surface area (Å²) in [4.78, 5) is 10.4. The molecular weight excluding hydrogens is 240 g/mol. The van der Waals surface area contributed by atoms with Crippen LogP contribution in [0.2, 0.25) is 5.02 Å². The SMILES string of the molecule is CC(C)(C)CNCc1cc(Cl)ccc1[N+](=O)[O-]. The molecule has 1 aromatic rings. The van der Waals surface area contributed by atoms with Gasteiger partial charge in [0, 0.05) is 29.7 Å². The van der Waals surface area contributed by atoms with Crippen LogP contribution in [0.15, 0.2) is 18.2 Å². The third kappa shape index (κ3) is 4.71. The standard InChI is InChI=1S/C12H17ClN2O2/c1-12(2,3)8-14-7-9-6-10(13)4-5-11(9)15(16)17/h4-6,14H,7-8H2,1-3H3. The van der Waals surface area contributed by atoms with Gasteiger partial charge in [0.15, 0.2) is 0 Å². The van der Waals surface area contributed by atoms with Crippen molar-refractivity contribution >= 4 is 17.3 Å². The Morgan fingerprint density at radius 1 is 1.41 bits per heavy atom. The third-order valence-electron chi connectivity index (χ3n) is 2.21. The topological polar surface area (TPSA) is 55.2 Å². The highest BCUT2D eigenvalue weighted by atomic mass is 35.5. The summed E-state index contributed by atoms with van der Waals surface area (Å²) in [7, 11) is 0. The molecule has 0 aliphatic heterocycles. The van der Waals surface area contributed by atoms with Gasteiger partial charge in [-0.3, -0.25) is 10.1 Å². The molecule has 0 spiro atoms. The van der Waals surface area contributed by atoms with Gasteiger partial charge in [-0.15, -0.1) is 0 Å². The zero-order valence-corrected chi connectivity index (χ0v) is 11.0. The van der Waals surface area contributed by atoms with Crippen LogP contribution in [0.5, 0.6) is 0 Å². The summed E-state index contributed by atoms with van der Waals surface area (Å²) in [5, 5.41) is 14.5. The predicted octanol–water partition coefficient (Wildman–Crippen LogP) is 3.38. The maximum atomic E-state index is 10.8. The number of benzene rings is 1. The smallest absolute Gasteiger partial charge is 0.273 e. The van der Waals surface area contributed by atoms with Crippen LogP contribution in [-0.4, -0.2) is 11.5 Å². The van der Waals surface area contributed by atoms with E-state index in [1.807, 2.05) is 0 Å². The fraction of sp³-hybridized carbons (Fsp3) is 0.500. The van der Waals surface area contributed by atoms with Crippen molar-refractivity contribution < 1.29 is 4.92 Å². The van der Waals surface area contributed by atoms with Crippen molar-refractivity contribution in [1.29, 1.82) is 0 Å². The highest BCUT2D eigenvalue weighted by molar-refractivity contribution is 6.30. The molecule has 1 rings (SSSR count). The molecule has 0 atom stereocenters. The molecule has 1 N–H and O–H groups in total. The Morgan fingerprint density at radius 3 is 2.59 bits per heavy atom. The van der Waals surface area contributed by atoms with Gasteiger partial charge in [0.05, 0.1) is 4.92 Å². The van der Waals surface area contributed by atoms with Crippen LogP contribution in [0.4, 0.5) is 5.69 Å². The van der Waals surface area contributed by atoms with Crippen molar-refractivity contribution in [3.8, 4) is 0 Å². The van der Waals surface area contributed by atoms with E-state index in [1.54, 1.807) is 6.07 Å². The van der Waals surface area contributed by atoms with Gasteiger partial charge < -0.3 is 5.32 Å². The van der Waals surface area contributed by atoms with Crippen LogP contribution in [0.1, 0.15) is 26.3 Å². The molecule has 0 aliphatic rings. The largest absolute Gasteiger partial charge is 0.312 e. The normalized spacial score (nSPS) is 11.5. The molecule has 5 heteroatoms. The first-order chi connectivity index (χ1) is 7.79. The fourth-order valence-electron chi connectivity index (χ4n) is 1.45. The van der Waals surface area contributed by atoms with E-state index in [0.717, 1.165) is 6.54 Å². The summed E-state index contributed by atoms with van der Waals surface area (Å²) in [5.74, 6) is 0. The molecule has 1 aromatic carbocycles. The average molecular weight is 257 g/mol. The highest BCUT2D eigenvalue weighted by Crippen LogP contribution is 2.22. The molecule has 4 nitrogen and oxygen atoms in total. The summed E-state index contributed by atoms with van der Waals surface area (Å²) in [6.07, 6.45) is 0. The van der Waals surface area contributed by atoms with E-state index in [0.29, 0.717) is 17.1 Å². The zero-order chi connectivity index (χ0) is 13.1. The Morgan fingerprint density at radius 2 is 2.06 bits per heavy atom. The molecule has 0 amide bonds. The van der Waals surface area contributed by atoms with E-state index in [1.165, 1.54) is 12.1 Å². The summed E-state index contributed by atoms with van der Waals surface area (Å²) in [5.41, 5.74) is 0.871. The van der Waals surface area contributed by atoms with Crippen molar-refractivity contribution in [3.63, 3.8) is 0 Å². The van der Waals surface area contributed by atoms with Gasteiger partial charge in [0.2, 0.25) is 0 Å². The van der Waals surface area contributed by atoms with E-state index >= 15 is 0 Å². The molecule has 0 unspecified atom stereocenters. The molecule has 0 saturated carbocycles. The number of nitro benzene ring substituents is 1. The first kappa shape index (κ1) is 13.9. The lowest BCUT2D eigenvalue weighted by Crippen LogP contribution is -2.26. The highest BCUT2D eigenvalue weighted by Gasteiger charge is 2.15. The minimum atomic E-state index is -0.384. The van der Waals surface area contributed by atoms with Crippen LogP contribution in [-0.2, 0) is 6.54 Å². The molecule has 0 bridgehead atoms. The molecule has 17 heavy (non-hydrogen) atoms. The zero-order valence-electron chi connectivity index (χ0n) is 10.3. The van der Waals surface area contributed by atoms with E-state index in [-0.39, 0.29) is 16.0 Å². The third-order valence-corrected chi connectivity index (χ3v) is 2.44. The Kier molecular flexibility index (Phi) is 4.48. The first-order valence-electron chi connectivity index (χ1n) is 5.43. The Labute approximate surface area is 106 Å². The molecule has 94 valence electrons. The maximum Gasteiger partial charge on any atom is 0.273 e. The number of nitro groups is 1. The van der Waals surface area contributed by atoms with Crippen LogP contribution in [0, 0.1) is 15.5 Å². The quantitative estimate of drug-likeness (QED) is 0.664. The lowest BCUT2D eigenvalue weighted by atomic mass is 9.97. The van der Waals surface area contributed by atoms with Crippen molar-refractivity contribution in [3.05, 3.63) is 38.9 Å². The van der Waals surface area contributed by atoms with E-state index in [2.05, 4.69) is 26.1 Å². The van der Waals surface area contributed by atoms with Crippen molar-refractivity contribution in [1.82, 2.24) is 5.32 Å². The van der Waals surface area contributed by atoms with Gasteiger partial charge in [-0.2, -0.15) is 0 Å².